The fraction of sp³-hybridized carbons (Fsp3) is 0.364. The van der Waals surface area contributed by atoms with Crippen LogP contribution in [0.4, 0.5) is 5.82 Å². The summed E-state index contributed by atoms with van der Waals surface area (Å²) in [7, 11) is 0. The highest BCUT2D eigenvalue weighted by atomic mass is 35.5. The van der Waals surface area contributed by atoms with Gasteiger partial charge in [0, 0.05) is 25.7 Å². The van der Waals surface area contributed by atoms with E-state index in [-0.39, 0.29) is 10.9 Å². The van der Waals surface area contributed by atoms with Gasteiger partial charge in [-0.05, 0) is 13.0 Å². The monoisotopic (exact) mass is 252 g/mol. The molecule has 2 N–H and O–H groups in total. The summed E-state index contributed by atoms with van der Waals surface area (Å²) in [6, 6.07) is 3.50. The fourth-order valence-corrected chi connectivity index (χ4v) is 1.45. The minimum absolute atomic E-state index is 0.0347. The molecule has 0 aromatic carbocycles. The van der Waals surface area contributed by atoms with Gasteiger partial charge >= 0.3 is 0 Å². The number of pyridine rings is 1. The highest BCUT2D eigenvalue weighted by Crippen LogP contribution is 2.22. The number of aromatic nitrogens is 1. The summed E-state index contributed by atoms with van der Waals surface area (Å²) in [5.41, 5.74) is 0.363. The smallest absolute Gasteiger partial charge is 0.221 e. The molecule has 0 bridgehead atoms. The number of nitrogens with one attached hydrogen (secondary N) is 2. The first kappa shape index (κ1) is 13.3. The molecule has 0 aliphatic rings. The Kier molecular flexibility index (Phi) is 5.24. The van der Waals surface area contributed by atoms with Crippen molar-refractivity contribution < 1.29 is 4.79 Å². The molecule has 0 atom stereocenters. The maximum absolute atomic E-state index is 11.2. The summed E-state index contributed by atoms with van der Waals surface area (Å²) in [4.78, 5) is 15.2. The number of nitriles is 1. The van der Waals surface area contributed by atoms with Crippen LogP contribution >= 0.6 is 11.6 Å². The molecule has 1 amide bonds. The molecular weight excluding hydrogens is 240 g/mol. The molecule has 17 heavy (non-hydrogen) atoms. The van der Waals surface area contributed by atoms with Crippen LogP contribution < -0.4 is 10.6 Å². The van der Waals surface area contributed by atoms with E-state index in [1.807, 2.05) is 13.0 Å². The Labute approximate surface area is 105 Å². The molecule has 1 aromatic heterocycles. The summed E-state index contributed by atoms with van der Waals surface area (Å²) < 4.78 is 0. The van der Waals surface area contributed by atoms with Crippen LogP contribution in [0.25, 0.3) is 0 Å². The van der Waals surface area contributed by atoms with Gasteiger partial charge in [0.15, 0.2) is 0 Å². The van der Waals surface area contributed by atoms with Crippen molar-refractivity contribution in [3.8, 4) is 6.07 Å². The third-order valence-electron chi connectivity index (χ3n) is 2.03. The van der Waals surface area contributed by atoms with Crippen LogP contribution in [0.15, 0.2) is 12.3 Å². The van der Waals surface area contributed by atoms with Gasteiger partial charge in [-0.2, -0.15) is 5.26 Å². The first-order valence-corrected chi connectivity index (χ1v) is 5.62. The Morgan fingerprint density at radius 3 is 3.06 bits per heavy atom. The van der Waals surface area contributed by atoms with Crippen molar-refractivity contribution in [2.24, 2.45) is 0 Å². The van der Waals surface area contributed by atoms with Crippen molar-refractivity contribution in [1.29, 1.82) is 5.26 Å². The molecule has 90 valence electrons. The average molecular weight is 253 g/mol. The van der Waals surface area contributed by atoms with Crippen molar-refractivity contribution in [3.63, 3.8) is 0 Å². The van der Waals surface area contributed by atoms with E-state index in [4.69, 9.17) is 16.9 Å². The molecule has 0 spiro atoms. The second kappa shape index (κ2) is 6.71. The second-order valence-corrected chi connectivity index (χ2v) is 3.64. The zero-order chi connectivity index (χ0) is 12.7. The van der Waals surface area contributed by atoms with Crippen LogP contribution in [0.1, 0.15) is 18.9 Å². The lowest BCUT2D eigenvalue weighted by molar-refractivity contribution is -0.120. The molecule has 0 aliphatic heterocycles. The number of carbonyl (C=O) groups is 1. The molecule has 0 aliphatic carbocycles. The van der Waals surface area contributed by atoms with Crippen LogP contribution in [0.2, 0.25) is 5.02 Å². The summed E-state index contributed by atoms with van der Waals surface area (Å²) in [6.07, 6.45) is 1.83. The van der Waals surface area contributed by atoms with E-state index in [9.17, 15) is 4.79 Å². The Bertz CT molecular complexity index is 442. The number of carbonyl (C=O) groups excluding carboxylic acids is 1. The molecule has 1 aromatic rings. The fourth-order valence-electron chi connectivity index (χ4n) is 1.23. The van der Waals surface area contributed by atoms with E-state index >= 15 is 0 Å². The van der Waals surface area contributed by atoms with E-state index in [2.05, 4.69) is 15.6 Å². The van der Waals surface area contributed by atoms with Gasteiger partial charge in [-0.15, -0.1) is 0 Å². The van der Waals surface area contributed by atoms with E-state index in [1.165, 1.54) is 12.3 Å². The molecule has 0 saturated heterocycles. The molecule has 1 heterocycles. The van der Waals surface area contributed by atoms with Crippen LogP contribution in [-0.4, -0.2) is 24.0 Å². The predicted octanol–water partition coefficient (Wildman–Crippen LogP) is 1.54. The Balaban J connectivity index is 2.53. The SMILES string of the molecule is CCNC(=O)CCNc1nccc(C#N)c1Cl. The van der Waals surface area contributed by atoms with Gasteiger partial charge in [-0.3, -0.25) is 4.79 Å². The van der Waals surface area contributed by atoms with Crippen LogP contribution in [0, 0.1) is 11.3 Å². The number of rotatable bonds is 5. The second-order valence-electron chi connectivity index (χ2n) is 3.26. The molecule has 0 saturated carbocycles. The van der Waals surface area contributed by atoms with Crippen LogP contribution in [0.5, 0.6) is 0 Å². The van der Waals surface area contributed by atoms with E-state index in [1.54, 1.807) is 0 Å². The molecule has 6 heteroatoms. The largest absolute Gasteiger partial charge is 0.368 e. The lowest BCUT2D eigenvalue weighted by Crippen LogP contribution is -2.24. The minimum Gasteiger partial charge on any atom is -0.368 e. The lowest BCUT2D eigenvalue weighted by atomic mass is 10.3. The number of hydrogen-bond acceptors (Lipinski definition) is 4. The van der Waals surface area contributed by atoms with Crippen molar-refractivity contribution in [2.45, 2.75) is 13.3 Å². The lowest BCUT2D eigenvalue weighted by Gasteiger charge is -2.07. The van der Waals surface area contributed by atoms with Crippen molar-refractivity contribution >= 4 is 23.3 Å². The summed E-state index contributed by atoms with van der Waals surface area (Å²) in [5, 5.41) is 14.7. The van der Waals surface area contributed by atoms with Gasteiger partial charge in [-0.25, -0.2) is 4.98 Å². The molecule has 0 fully saturated rings. The van der Waals surface area contributed by atoms with Gasteiger partial charge in [0.1, 0.15) is 16.9 Å². The third-order valence-corrected chi connectivity index (χ3v) is 2.41. The maximum Gasteiger partial charge on any atom is 0.221 e. The number of halogens is 1. The number of nitrogens with zero attached hydrogens (tertiary/aromatic N) is 2. The van der Waals surface area contributed by atoms with Crippen LogP contribution in [-0.2, 0) is 4.79 Å². The Morgan fingerprint density at radius 1 is 1.65 bits per heavy atom. The minimum atomic E-state index is -0.0347. The van der Waals surface area contributed by atoms with Gasteiger partial charge in [0.2, 0.25) is 5.91 Å². The van der Waals surface area contributed by atoms with Gasteiger partial charge in [0.05, 0.1) is 5.56 Å². The standard InChI is InChI=1S/C11H13ClN4O/c1-2-14-9(17)4-6-16-11-10(12)8(7-13)3-5-15-11/h3,5H,2,4,6H2,1H3,(H,14,17)(H,15,16). The normalized spacial score (nSPS) is 9.47. The third kappa shape index (κ3) is 3.93. The van der Waals surface area contributed by atoms with E-state index in [0.29, 0.717) is 30.9 Å². The van der Waals surface area contributed by atoms with Gasteiger partial charge in [-0.1, -0.05) is 11.6 Å². The molecule has 0 radical (unpaired) electrons. The quantitative estimate of drug-likeness (QED) is 0.833. The Hall–Kier alpha value is -1.80. The van der Waals surface area contributed by atoms with Crippen molar-refractivity contribution in [2.75, 3.05) is 18.4 Å². The first-order chi connectivity index (χ1) is 8.19. The van der Waals surface area contributed by atoms with E-state index < -0.39 is 0 Å². The van der Waals surface area contributed by atoms with Crippen molar-refractivity contribution in [1.82, 2.24) is 10.3 Å². The summed E-state index contributed by atoms with van der Waals surface area (Å²) in [6.45, 7) is 2.90. The zero-order valence-corrected chi connectivity index (χ0v) is 10.2. The Morgan fingerprint density at radius 2 is 2.41 bits per heavy atom. The van der Waals surface area contributed by atoms with Crippen LogP contribution in [0.3, 0.4) is 0 Å². The average Bonchev–Trinajstić information content (AvgIpc) is 2.32. The highest BCUT2D eigenvalue weighted by molar-refractivity contribution is 6.34. The number of amides is 1. The number of anilines is 1. The van der Waals surface area contributed by atoms with E-state index in [0.717, 1.165) is 0 Å². The zero-order valence-electron chi connectivity index (χ0n) is 9.46. The molecular formula is C11H13ClN4O. The molecule has 5 nitrogen and oxygen atoms in total. The predicted molar refractivity (Wildman–Crippen MR) is 65.8 cm³/mol. The van der Waals surface area contributed by atoms with Gasteiger partial charge in [0.25, 0.3) is 0 Å². The van der Waals surface area contributed by atoms with Crippen molar-refractivity contribution in [3.05, 3.63) is 22.8 Å². The summed E-state index contributed by atoms with van der Waals surface area (Å²) in [5.74, 6) is 0.391. The maximum atomic E-state index is 11.2. The highest BCUT2D eigenvalue weighted by Gasteiger charge is 2.07. The number of hydrogen-bond donors (Lipinski definition) is 2. The summed E-state index contributed by atoms with van der Waals surface area (Å²) >= 11 is 5.94. The van der Waals surface area contributed by atoms with Gasteiger partial charge < -0.3 is 10.6 Å². The topological polar surface area (TPSA) is 77.8 Å². The molecule has 1 rings (SSSR count). The molecule has 0 unspecified atom stereocenters. The first-order valence-electron chi connectivity index (χ1n) is 5.24.